The number of anilines is 2. The number of hydrogen-bond donors (Lipinski definition) is 3. The third-order valence-corrected chi connectivity index (χ3v) is 4.36. The van der Waals surface area contributed by atoms with Gasteiger partial charge in [0, 0.05) is 25.3 Å². The Bertz CT molecular complexity index is 868. The van der Waals surface area contributed by atoms with Gasteiger partial charge in [-0.05, 0) is 37.3 Å². The second-order valence-corrected chi connectivity index (χ2v) is 6.70. The molecule has 0 aromatic heterocycles. The smallest absolute Gasteiger partial charge is 0.251 e. The number of nitrogens with one attached hydrogen (secondary N) is 3. The summed E-state index contributed by atoms with van der Waals surface area (Å²) in [5.74, 6) is -0.837. The van der Waals surface area contributed by atoms with E-state index >= 15 is 0 Å². The third-order valence-electron chi connectivity index (χ3n) is 4.03. The summed E-state index contributed by atoms with van der Waals surface area (Å²) >= 11 is 6.11. The lowest BCUT2D eigenvalue weighted by atomic mass is 10.2. The normalized spacial score (nSPS) is 10.1. The standard InChI is InChI=1S/C20H23ClN4O3/c1-13-4-7-15(8-5-13)24-18(26)12-25(3)19(27)11-23-17-10-14(20(28)22-2)6-9-16(17)21/h4-10,23H,11-12H2,1-3H3,(H,22,28)(H,24,26). The highest BCUT2D eigenvalue weighted by Crippen LogP contribution is 2.23. The van der Waals surface area contributed by atoms with Crippen molar-refractivity contribution in [1.29, 1.82) is 0 Å². The van der Waals surface area contributed by atoms with Crippen LogP contribution in [0.3, 0.4) is 0 Å². The molecule has 0 saturated carbocycles. The van der Waals surface area contributed by atoms with Gasteiger partial charge in [-0.2, -0.15) is 0 Å². The van der Waals surface area contributed by atoms with Crippen LogP contribution in [-0.2, 0) is 9.59 Å². The van der Waals surface area contributed by atoms with Gasteiger partial charge in [-0.3, -0.25) is 14.4 Å². The molecule has 3 N–H and O–H groups in total. The summed E-state index contributed by atoms with van der Waals surface area (Å²) in [5, 5.41) is 8.57. The van der Waals surface area contributed by atoms with Crippen LogP contribution in [0.1, 0.15) is 15.9 Å². The molecule has 0 aliphatic carbocycles. The third kappa shape index (κ3) is 5.99. The van der Waals surface area contributed by atoms with Crippen molar-refractivity contribution in [3.05, 3.63) is 58.6 Å². The maximum atomic E-state index is 12.3. The molecule has 0 heterocycles. The van der Waals surface area contributed by atoms with Crippen molar-refractivity contribution >= 4 is 40.7 Å². The molecular weight excluding hydrogens is 380 g/mol. The zero-order valence-corrected chi connectivity index (χ0v) is 16.8. The van der Waals surface area contributed by atoms with Crippen LogP contribution in [0, 0.1) is 6.92 Å². The van der Waals surface area contributed by atoms with Gasteiger partial charge < -0.3 is 20.9 Å². The highest BCUT2D eigenvalue weighted by atomic mass is 35.5. The van der Waals surface area contributed by atoms with E-state index in [9.17, 15) is 14.4 Å². The van der Waals surface area contributed by atoms with Crippen LogP contribution in [0.2, 0.25) is 5.02 Å². The van der Waals surface area contributed by atoms with Crippen molar-refractivity contribution in [2.45, 2.75) is 6.92 Å². The molecule has 148 valence electrons. The molecule has 8 heteroatoms. The van der Waals surface area contributed by atoms with Crippen molar-refractivity contribution in [3.8, 4) is 0 Å². The van der Waals surface area contributed by atoms with Gasteiger partial charge >= 0.3 is 0 Å². The van der Waals surface area contributed by atoms with Gasteiger partial charge in [-0.1, -0.05) is 29.3 Å². The largest absolute Gasteiger partial charge is 0.375 e. The van der Waals surface area contributed by atoms with Crippen molar-refractivity contribution in [1.82, 2.24) is 10.2 Å². The number of hydrogen-bond acceptors (Lipinski definition) is 4. The van der Waals surface area contributed by atoms with Crippen molar-refractivity contribution in [2.24, 2.45) is 0 Å². The highest BCUT2D eigenvalue weighted by molar-refractivity contribution is 6.33. The second kappa shape index (κ2) is 9.75. The fourth-order valence-electron chi connectivity index (χ4n) is 2.39. The summed E-state index contributed by atoms with van der Waals surface area (Å²) in [6.45, 7) is 1.81. The molecule has 3 amide bonds. The van der Waals surface area contributed by atoms with E-state index in [1.807, 2.05) is 19.1 Å². The van der Waals surface area contributed by atoms with Crippen LogP contribution in [0.25, 0.3) is 0 Å². The molecule has 0 radical (unpaired) electrons. The number of halogens is 1. The van der Waals surface area contributed by atoms with E-state index in [0.717, 1.165) is 5.56 Å². The van der Waals surface area contributed by atoms with Crippen molar-refractivity contribution < 1.29 is 14.4 Å². The first kappa shape index (κ1) is 21.2. The molecule has 28 heavy (non-hydrogen) atoms. The Morgan fingerprint density at radius 3 is 2.39 bits per heavy atom. The SMILES string of the molecule is CNC(=O)c1ccc(Cl)c(NCC(=O)N(C)CC(=O)Nc2ccc(C)cc2)c1. The average Bonchev–Trinajstić information content (AvgIpc) is 2.68. The Morgan fingerprint density at radius 2 is 1.75 bits per heavy atom. The molecular formula is C20H23ClN4O3. The summed E-state index contributed by atoms with van der Waals surface area (Å²) in [6.07, 6.45) is 0. The summed E-state index contributed by atoms with van der Waals surface area (Å²) in [5.41, 5.74) is 2.66. The number of likely N-dealkylation sites (N-methyl/N-ethyl adjacent to an activating group) is 1. The molecule has 0 spiro atoms. The lowest BCUT2D eigenvalue weighted by Crippen LogP contribution is -2.38. The first-order valence-corrected chi connectivity index (χ1v) is 9.04. The number of nitrogens with zero attached hydrogens (tertiary/aromatic N) is 1. The fraction of sp³-hybridized carbons (Fsp3) is 0.250. The molecule has 0 aliphatic heterocycles. The van der Waals surface area contributed by atoms with E-state index in [2.05, 4.69) is 16.0 Å². The molecule has 0 saturated heterocycles. The number of carbonyl (C=O) groups excluding carboxylic acids is 3. The quantitative estimate of drug-likeness (QED) is 0.663. The van der Waals surface area contributed by atoms with Gasteiger partial charge in [0.25, 0.3) is 5.91 Å². The van der Waals surface area contributed by atoms with E-state index in [4.69, 9.17) is 11.6 Å². The van der Waals surface area contributed by atoms with Gasteiger partial charge in [-0.25, -0.2) is 0 Å². The Kier molecular flexibility index (Phi) is 7.40. The van der Waals surface area contributed by atoms with Crippen molar-refractivity contribution in [3.63, 3.8) is 0 Å². The van der Waals surface area contributed by atoms with Gasteiger partial charge in [0.2, 0.25) is 11.8 Å². The van der Waals surface area contributed by atoms with Crippen LogP contribution < -0.4 is 16.0 Å². The minimum atomic E-state index is -0.292. The zero-order valence-electron chi connectivity index (χ0n) is 16.0. The summed E-state index contributed by atoms with van der Waals surface area (Å²) in [6, 6.07) is 12.1. The van der Waals surface area contributed by atoms with Crippen LogP contribution in [-0.4, -0.2) is 49.8 Å². The minimum Gasteiger partial charge on any atom is -0.375 e. The van der Waals surface area contributed by atoms with Crippen LogP contribution in [0.15, 0.2) is 42.5 Å². The van der Waals surface area contributed by atoms with E-state index in [1.54, 1.807) is 37.4 Å². The number of carbonyl (C=O) groups is 3. The molecule has 0 atom stereocenters. The van der Waals surface area contributed by atoms with Gasteiger partial charge in [-0.15, -0.1) is 0 Å². The number of aryl methyl sites for hydroxylation is 1. The van der Waals surface area contributed by atoms with E-state index in [1.165, 1.54) is 11.9 Å². The minimum absolute atomic E-state index is 0.0643. The molecule has 2 aromatic carbocycles. The van der Waals surface area contributed by atoms with Crippen LogP contribution in [0.4, 0.5) is 11.4 Å². The first-order chi connectivity index (χ1) is 13.3. The summed E-state index contributed by atoms with van der Waals surface area (Å²) in [4.78, 5) is 37.4. The maximum Gasteiger partial charge on any atom is 0.251 e. The number of amides is 3. The van der Waals surface area contributed by atoms with Crippen molar-refractivity contribution in [2.75, 3.05) is 37.8 Å². The van der Waals surface area contributed by atoms with Crippen LogP contribution >= 0.6 is 11.6 Å². The van der Waals surface area contributed by atoms with Gasteiger partial charge in [0.15, 0.2) is 0 Å². The Labute approximate surface area is 169 Å². The van der Waals surface area contributed by atoms with Gasteiger partial charge in [0.1, 0.15) is 0 Å². The maximum absolute atomic E-state index is 12.3. The van der Waals surface area contributed by atoms with E-state index in [0.29, 0.717) is 22.0 Å². The molecule has 2 aromatic rings. The zero-order chi connectivity index (χ0) is 20.7. The van der Waals surface area contributed by atoms with Crippen LogP contribution in [0.5, 0.6) is 0 Å². The highest BCUT2D eigenvalue weighted by Gasteiger charge is 2.14. The second-order valence-electron chi connectivity index (χ2n) is 6.29. The monoisotopic (exact) mass is 402 g/mol. The molecule has 7 nitrogen and oxygen atoms in total. The molecule has 0 fully saturated rings. The lowest BCUT2D eigenvalue weighted by Gasteiger charge is -2.18. The molecule has 0 bridgehead atoms. The van der Waals surface area contributed by atoms with Gasteiger partial charge in [0.05, 0.1) is 23.8 Å². The first-order valence-electron chi connectivity index (χ1n) is 8.66. The van der Waals surface area contributed by atoms with E-state index < -0.39 is 0 Å². The van der Waals surface area contributed by atoms with E-state index in [-0.39, 0.29) is 30.8 Å². The average molecular weight is 403 g/mol. The number of benzene rings is 2. The summed E-state index contributed by atoms with van der Waals surface area (Å²) < 4.78 is 0. The molecule has 2 rings (SSSR count). The Hall–Kier alpha value is -3.06. The predicted octanol–water partition coefficient (Wildman–Crippen LogP) is 2.52. The summed E-state index contributed by atoms with van der Waals surface area (Å²) in [7, 11) is 3.07. The molecule has 0 aliphatic rings. The molecule has 0 unspecified atom stereocenters. The number of rotatable bonds is 7. The predicted molar refractivity (Wildman–Crippen MR) is 111 cm³/mol. The Balaban J connectivity index is 1.89. The topological polar surface area (TPSA) is 90.5 Å². The fourth-order valence-corrected chi connectivity index (χ4v) is 2.58. The lowest BCUT2D eigenvalue weighted by molar-refractivity contribution is -0.131. The Morgan fingerprint density at radius 1 is 1.07 bits per heavy atom.